The van der Waals surface area contributed by atoms with Gasteiger partial charge in [-0.25, -0.2) is 8.42 Å². The molecule has 1 atom stereocenters. The van der Waals surface area contributed by atoms with Crippen LogP contribution >= 0.6 is 0 Å². The number of aliphatic hydroxyl groups excluding tert-OH is 1. The molecule has 0 bridgehead atoms. The molecule has 1 N–H and O–H groups in total. The summed E-state index contributed by atoms with van der Waals surface area (Å²) in [6.07, 6.45) is 1.54. The Bertz CT molecular complexity index is 558. The minimum atomic E-state index is -3.49. The second kappa shape index (κ2) is 5.47. The molecule has 0 unspecified atom stereocenters. The van der Waals surface area contributed by atoms with E-state index in [1.165, 1.54) is 4.31 Å². The molecule has 0 saturated carbocycles. The number of hydrogen-bond acceptors (Lipinski definition) is 3. The Kier molecular flexibility index (Phi) is 4.23. The summed E-state index contributed by atoms with van der Waals surface area (Å²) < 4.78 is 26.6. The Morgan fingerprint density at radius 3 is 2.35 bits per heavy atom. The van der Waals surface area contributed by atoms with Gasteiger partial charge in [0.1, 0.15) is 0 Å². The summed E-state index contributed by atoms with van der Waals surface area (Å²) in [7, 11) is -3.49. The fraction of sp³-hybridized carbons (Fsp3) is 0.600. The lowest BCUT2D eigenvalue weighted by Crippen LogP contribution is -2.37. The largest absolute Gasteiger partial charge is 0.395 e. The predicted molar refractivity (Wildman–Crippen MR) is 79.1 cm³/mol. The molecule has 1 aliphatic rings. The van der Waals surface area contributed by atoms with Gasteiger partial charge >= 0.3 is 0 Å². The molecule has 4 nitrogen and oxygen atoms in total. The van der Waals surface area contributed by atoms with E-state index < -0.39 is 10.0 Å². The zero-order chi connectivity index (χ0) is 15.0. The number of benzene rings is 1. The highest BCUT2D eigenvalue weighted by Crippen LogP contribution is 2.28. The van der Waals surface area contributed by atoms with Gasteiger partial charge in [-0.15, -0.1) is 0 Å². The molecule has 1 aromatic rings. The van der Waals surface area contributed by atoms with Gasteiger partial charge in [-0.2, -0.15) is 4.31 Å². The van der Waals surface area contributed by atoms with Crippen molar-refractivity contribution in [2.24, 2.45) is 0 Å². The quantitative estimate of drug-likeness (QED) is 0.930. The highest BCUT2D eigenvalue weighted by atomic mass is 32.2. The summed E-state index contributed by atoms with van der Waals surface area (Å²) in [5.74, 6) is 0. The van der Waals surface area contributed by atoms with Crippen molar-refractivity contribution in [3.05, 3.63) is 29.8 Å². The van der Waals surface area contributed by atoms with E-state index in [1.807, 2.05) is 12.1 Å². The summed E-state index contributed by atoms with van der Waals surface area (Å²) >= 11 is 0. The van der Waals surface area contributed by atoms with Crippen LogP contribution in [0, 0.1) is 0 Å². The highest BCUT2D eigenvalue weighted by Gasteiger charge is 2.34. The zero-order valence-corrected chi connectivity index (χ0v) is 13.2. The number of nitrogens with zero attached hydrogens (tertiary/aromatic N) is 1. The first kappa shape index (κ1) is 15.5. The molecule has 0 radical (unpaired) electrons. The van der Waals surface area contributed by atoms with Crippen LogP contribution in [0.4, 0.5) is 0 Å². The van der Waals surface area contributed by atoms with Crippen molar-refractivity contribution in [3.8, 4) is 0 Å². The van der Waals surface area contributed by atoms with Gasteiger partial charge in [-0.3, -0.25) is 0 Å². The van der Waals surface area contributed by atoms with Gasteiger partial charge in [-0.1, -0.05) is 32.9 Å². The standard InChI is InChI=1S/C15H23NO3S/c1-15(2,3)12-6-8-14(9-7-12)20(18,19)16-10-4-5-13(16)11-17/h6-9,13,17H,4-5,10-11H2,1-3H3/t13-/m0/s1. The van der Waals surface area contributed by atoms with Crippen molar-refractivity contribution in [1.29, 1.82) is 0 Å². The van der Waals surface area contributed by atoms with E-state index in [0.29, 0.717) is 11.4 Å². The monoisotopic (exact) mass is 297 g/mol. The Morgan fingerprint density at radius 1 is 1.25 bits per heavy atom. The van der Waals surface area contributed by atoms with Crippen LogP contribution in [0.25, 0.3) is 0 Å². The molecule has 5 heteroatoms. The third kappa shape index (κ3) is 2.90. The van der Waals surface area contributed by atoms with Crippen molar-refractivity contribution in [2.75, 3.05) is 13.2 Å². The second-order valence-corrected chi connectivity index (χ2v) is 8.26. The number of aliphatic hydroxyl groups is 1. The van der Waals surface area contributed by atoms with E-state index in [2.05, 4.69) is 20.8 Å². The number of sulfonamides is 1. The minimum absolute atomic E-state index is 0.00354. The molecule has 1 fully saturated rings. The first-order valence-corrected chi connectivity index (χ1v) is 8.44. The zero-order valence-electron chi connectivity index (χ0n) is 12.3. The van der Waals surface area contributed by atoms with E-state index >= 15 is 0 Å². The third-order valence-electron chi connectivity index (χ3n) is 3.86. The average Bonchev–Trinajstić information content (AvgIpc) is 2.87. The predicted octanol–water partition coefficient (Wildman–Crippen LogP) is 2.13. The maximum absolute atomic E-state index is 12.6. The summed E-state index contributed by atoms with van der Waals surface area (Å²) in [6.45, 7) is 6.67. The molecular weight excluding hydrogens is 274 g/mol. The van der Waals surface area contributed by atoms with Crippen molar-refractivity contribution in [1.82, 2.24) is 4.31 Å². The first-order chi connectivity index (χ1) is 9.26. The summed E-state index contributed by atoms with van der Waals surface area (Å²) in [6, 6.07) is 6.81. The van der Waals surface area contributed by atoms with Crippen LogP contribution in [0.15, 0.2) is 29.2 Å². The van der Waals surface area contributed by atoms with Crippen LogP contribution in [0.2, 0.25) is 0 Å². The molecule has 0 spiro atoms. The van der Waals surface area contributed by atoms with Gasteiger partial charge in [0.15, 0.2) is 0 Å². The van der Waals surface area contributed by atoms with Crippen LogP contribution in [0.3, 0.4) is 0 Å². The molecule has 20 heavy (non-hydrogen) atoms. The Morgan fingerprint density at radius 2 is 1.85 bits per heavy atom. The lowest BCUT2D eigenvalue weighted by atomic mass is 9.87. The van der Waals surface area contributed by atoms with E-state index in [0.717, 1.165) is 18.4 Å². The number of rotatable bonds is 3. The van der Waals surface area contributed by atoms with Crippen LogP contribution in [-0.4, -0.2) is 37.0 Å². The maximum atomic E-state index is 12.6. The normalized spacial score (nSPS) is 21.3. The molecule has 112 valence electrons. The lowest BCUT2D eigenvalue weighted by molar-refractivity contribution is 0.213. The van der Waals surface area contributed by atoms with E-state index in [4.69, 9.17) is 0 Å². The third-order valence-corrected chi connectivity index (χ3v) is 5.83. The number of hydrogen-bond donors (Lipinski definition) is 1. The van der Waals surface area contributed by atoms with Crippen molar-refractivity contribution >= 4 is 10.0 Å². The molecule has 0 amide bonds. The van der Waals surface area contributed by atoms with Crippen LogP contribution in [0.1, 0.15) is 39.2 Å². The Balaban J connectivity index is 2.31. The van der Waals surface area contributed by atoms with Crippen molar-refractivity contribution < 1.29 is 13.5 Å². The molecule has 1 saturated heterocycles. The highest BCUT2D eigenvalue weighted by molar-refractivity contribution is 7.89. The van der Waals surface area contributed by atoms with Gasteiger partial charge in [0, 0.05) is 12.6 Å². The van der Waals surface area contributed by atoms with Gasteiger partial charge in [0.2, 0.25) is 10.0 Å². The lowest BCUT2D eigenvalue weighted by Gasteiger charge is -2.23. The fourth-order valence-corrected chi connectivity index (χ4v) is 4.26. The molecule has 2 rings (SSSR count). The van der Waals surface area contributed by atoms with Gasteiger partial charge < -0.3 is 5.11 Å². The van der Waals surface area contributed by atoms with E-state index in [9.17, 15) is 13.5 Å². The molecule has 1 heterocycles. The van der Waals surface area contributed by atoms with Crippen molar-refractivity contribution in [3.63, 3.8) is 0 Å². The van der Waals surface area contributed by atoms with E-state index in [-0.39, 0.29) is 18.1 Å². The van der Waals surface area contributed by atoms with Gasteiger partial charge in [0.25, 0.3) is 0 Å². The molecule has 0 aliphatic carbocycles. The summed E-state index contributed by atoms with van der Waals surface area (Å²) in [4.78, 5) is 0.311. The first-order valence-electron chi connectivity index (χ1n) is 7.00. The van der Waals surface area contributed by atoms with Gasteiger partial charge in [-0.05, 0) is 36.0 Å². The molecule has 1 aromatic carbocycles. The Labute approximate surface area is 121 Å². The average molecular weight is 297 g/mol. The van der Waals surface area contributed by atoms with Gasteiger partial charge in [0.05, 0.1) is 11.5 Å². The van der Waals surface area contributed by atoms with Crippen LogP contribution in [-0.2, 0) is 15.4 Å². The van der Waals surface area contributed by atoms with E-state index in [1.54, 1.807) is 12.1 Å². The minimum Gasteiger partial charge on any atom is -0.395 e. The summed E-state index contributed by atoms with van der Waals surface area (Å²) in [5, 5.41) is 9.29. The Hall–Kier alpha value is -0.910. The smallest absolute Gasteiger partial charge is 0.243 e. The second-order valence-electron chi connectivity index (χ2n) is 6.37. The maximum Gasteiger partial charge on any atom is 0.243 e. The van der Waals surface area contributed by atoms with Crippen molar-refractivity contribution in [2.45, 2.75) is 50.0 Å². The van der Waals surface area contributed by atoms with Crippen LogP contribution in [0.5, 0.6) is 0 Å². The molecule has 1 aliphatic heterocycles. The topological polar surface area (TPSA) is 57.6 Å². The fourth-order valence-electron chi connectivity index (χ4n) is 2.57. The molecule has 0 aromatic heterocycles. The summed E-state index contributed by atoms with van der Waals surface area (Å²) in [5.41, 5.74) is 1.11. The SMILES string of the molecule is CC(C)(C)c1ccc(S(=O)(=O)N2CCC[C@H]2CO)cc1. The molecular formula is C15H23NO3S. The van der Waals surface area contributed by atoms with Crippen LogP contribution < -0.4 is 0 Å².